The van der Waals surface area contributed by atoms with Crippen molar-refractivity contribution >= 4 is 63.4 Å². The largest absolute Gasteiger partial charge is 0.356 e. The van der Waals surface area contributed by atoms with E-state index in [9.17, 15) is 4.79 Å². The molecule has 0 unspecified atom stereocenters. The molecule has 1 aromatic carbocycles. The van der Waals surface area contributed by atoms with Crippen LogP contribution in [-0.2, 0) is 11.2 Å². The van der Waals surface area contributed by atoms with Gasteiger partial charge in [0.05, 0.1) is 0 Å². The summed E-state index contributed by atoms with van der Waals surface area (Å²) >= 11 is 9.62. The zero-order chi connectivity index (χ0) is 19.1. The minimum atomic E-state index is 0. The highest BCUT2D eigenvalue weighted by Gasteiger charge is 2.24. The Morgan fingerprint density at radius 3 is 2.63 bits per heavy atom. The SMILES string of the molecule is CN=C(NCCc1cc(Cl)ccc1Br)NC1CCN(C(=O)C(C)C)CC1.I. The van der Waals surface area contributed by atoms with E-state index in [0.717, 1.165) is 54.4 Å². The van der Waals surface area contributed by atoms with Gasteiger partial charge in [0, 0.05) is 48.1 Å². The lowest BCUT2D eigenvalue weighted by atomic mass is 10.0. The standard InChI is InChI=1S/C19H28BrClN4O.HI/c1-13(2)18(26)25-10-7-16(8-11-25)24-19(22-3)23-9-6-14-12-15(21)4-5-17(14)20;/h4-5,12-13,16H,6-11H2,1-3H3,(H2,22,23,24);1H. The summed E-state index contributed by atoms with van der Waals surface area (Å²) in [6.45, 7) is 6.29. The molecule has 0 spiro atoms. The second-order valence-corrected chi connectivity index (χ2v) is 8.17. The molecular weight excluding hydrogens is 542 g/mol. The molecule has 8 heteroatoms. The van der Waals surface area contributed by atoms with Crippen LogP contribution in [0.15, 0.2) is 27.7 Å². The number of likely N-dealkylation sites (tertiary alicyclic amines) is 1. The van der Waals surface area contributed by atoms with Crippen molar-refractivity contribution in [3.05, 3.63) is 33.3 Å². The lowest BCUT2D eigenvalue weighted by molar-refractivity contribution is -0.135. The molecular formula is C19H29BrClIN4O. The summed E-state index contributed by atoms with van der Waals surface area (Å²) in [5, 5.41) is 7.57. The number of benzene rings is 1. The number of hydrogen-bond acceptors (Lipinski definition) is 2. The van der Waals surface area contributed by atoms with E-state index in [-0.39, 0.29) is 35.8 Å². The van der Waals surface area contributed by atoms with Crippen molar-refractivity contribution in [2.75, 3.05) is 26.7 Å². The molecule has 1 aliphatic rings. The van der Waals surface area contributed by atoms with E-state index in [4.69, 9.17) is 11.6 Å². The van der Waals surface area contributed by atoms with Crippen LogP contribution < -0.4 is 10.6 Å². The van der Waals surface area contributed by atoms with Gasteiger partial charge in [0.15, 0.2) is 5.96 Å². The Bertz CT molecular complexity index is 649. The van der Waals surface area contributed by atoms with Crippen LogP contribution in [-0.4, -0.2) is 49.5 Å². The number of nitrogens with zero attached hydrogens (tertiary/aromatic N) is 2. The second kappa shape index (κ2) is 12.1. The highest BCUT2D eigenvalue weighted by Crippen LogP contribution is 2.21. The van der Waals surface area contributed by atoms with Crippen molar-refractivity contribution in [1.29, 1.82) is 0 Å². The Hall–Kier alpha value is -0.540. The summed E-state index contributed by atoms with van der Waals surface area (Å²) in [4.78, 5) is 18.3. The molecule has 0 aromatic heterocycles. The molecule has 0 atom stereocenters. The van der Waals surface area contributed by atoms with Crippen molar-refractivity contribution in [3.8, 4) is 0 Å². The molecule has 1 heterocycles. The van der Waals surface area contributed by atoms with Gasteiger partial charge < -0.3 is 15.5 Å². The maximum Gasteiger partial charge on any atom is 0.225 e. The number of aliphatic imine (C=N–C) groups is 1. The van der Waals surface area contributed by atoms with Crippen molar-refractivity contribution in [2.45, 2.75) is 39.2 Å². The molecule has 1 saturated heterocycles. The van der Waals surface area contributed by atoms with Crippen LogP contribution in [0.3, 0.4) is 0 Å². The molecule has 0 radical (unpaired) electrons. The van der Waals surface area contributed by atoms with E-state index < -0.39 is 0 Å². The third-order valence-corrected chi connectivity index (χ3v) is 5.57. The van der Waals surface area contributed by atoms with Gasteiger partial charge in [0.2, 0.25) is 5.91 Å². The first-order chi connectivity index (χ1) is 12.4. The normalized spacial score (nSPS) is 15.5. The molecule has 0 aliphatic carbocycles. The van der Waals surface area contributed by atoms with Crippen LogP contribution in [0.4, 0.5) is 0 Å². The van der Waals surface area contributed by atoms with Crippen molar-refractivity contribution in [3.63, 3.8) is 0 Å². The average molecular weight is 572 g/mol. The van der Waals surface area contributed by atoms with Gasteiger partial charge in [-0.25, -0.2) is 0 Å². The molecule has 1 aromatic rings. The predicted octanol–water partition coefficient (Wildman–Crippen LogP) is 4.08. The summed E-state index contributed by atoms with van der Waals surface area (Å²) < 4.78 is 1.06. The van der Waals surface area contributed by atoms with Crippen LogP contribution in [0.1, 0.15) is 32.3 Å². The Morgan fingerprint density at radius 2 is 2.04 bits per heavy atom. The fraction of sp³-hybridized carbons (Fsp3) is 0.579. The molecule has 0 saturated carbocycles. The maximum atomic E-state index is 12.1. The van der Waals surface area contributed by atoms with Gasteiger partial charge in [-0.1, -0.05) is 41.4 Å². The molecule has 5 nitrogen and oxygen atoms in total. The highest BCUT2D eigenvalue weighted by atomic mass is 127. The predicted molar refractivity (Wildman–Crippen MR) is 127 cm³/mol. The first-order valence-electron chi connectivity index (χ1n) is 9.10. The van der Waals surface area contributed by atoms with Crippen LogP contribution in [0.25, 0.3) is 0 Å². The summed E-state index contributed by atoms with van der Waals surface area (Å²) in [6.07, 6.45) is 2.74. The smallest absolute Gasteiger partial charge is 0.225 e. The van der Waals surface area contributed by atoms with Gasteiger partial charge in [-0.3, -0.25) is 9.79 Å². The summed E-state index contributed by atoms with van der Waals surface area (Å²) in [6, 6.07) is 6.16. The molecule has 2 rings (SSSR count). The molecule has 1 aliphatic heterocycles. The topological polar surface area (TPSA) is 56.7 Å². The molecule has 152 valence electrons. The Morgan fingerprint density at radius 1 is 1.37 bits per heavy atom. The number of piperidine rings is 1. The number of halogens is 3. The zero-order valence-corrected chi connectivity index (χ0v) is 20.8. The lowest BCUT2D eigenvalue weighted by Crippen LogP contribution is -2.50. The average Bonchev–Trinajstić information content (AvgIpc) is 2.63. The quantitative estimate of drug-likeness (QED) is 0.318. The van der Waals surface area contributed by atoms with Gasteiger partial charge in [-0.15, -0.1) is 24.0 Å². The number of amides is 1. The van der Waals surface area contributed by atoms with E-state index >= 15 is 0 Å². The van der Waals surface area contributed by atoms with Gasteiger partial charge >= 0.3 is 0 Å². The first-order valence-corrected chi connectivity index (χ1v) is 10.3. The molecule has 2 N–H and O–H groups in total. The number of carbonyl (C=O) groups is 1. The highest BCUT2D eigenvalue weighted by molar-refractivity contribution is 14.0. The van der Waals surface area contributed by atoms with Crippen LogP contribution >= 0.6 is 51.5 Å². The number of hydrogen-bond donors (Lipinski definition) is 2. The summed E-state index contributed by atoms with van der Waals surface area (Å²) in [5.74, 6) is 1.12. The maximum absolute atomic E-state index is 12.1. The molecule has 1 amide bonds. The first kappa shape index (κ1) is 24.5. The molecule has 27 heavy (non-hydrogen) atoms. The van der Waals surface area contributed by atoms with Crippen molar-refractivity contribution in [2.24, 2.45) is 10.9 Å². The minimum absolute atomic E-state index is 0. The minimum Gasteiger partial charge on any atom is -0.356 e. The van der Waals surface area contributed by atoms with E-state index in [1.165, 1.54) is 5.56 Å². The third kappa shape index (κ3) is 7.77. The fourth-order valence-electron chi connectivity index (χ4n) is 3.05. The van der Waals surface area contributed by atoms with E-state index in [1.807, 2.05) is 36.9 Å². The van der Waals surface area contributed by atoms with Gasteiger partial charge in [-0.2, -0.15) is 0 Å². The summed E-state index contributed by atoms with van der Waals surface area (Å²) in [5.41, 5.74) is 1.17. The van der Waals surface area contributed by atoms with Crippen LogP contribution in [0.2, 0.25) is 5.02 Å². The lowest BCUT2D eigenvalue weighted by Gasteiger charge is -2.34. The van der Waals surface area contributed by atoms with E-state index in [1.54, 1.807) is 7.05 Å². The Labute approximate surface area is 192 Å². The van der Waals surface area contributed by atoms with Crippen molar-refractivity contribution in [1.82, 2.24) is 15.5 Å². The number of carbonyl (C=O) groups excluding carboxylic acids is 1. The fourth-order valence-corrected chi connectivity index (χ4v) is 3.69. The number of nitrogens with one attached hydrogen (secondary N) is 2. The van der Waals surface area contributed by atoms with Gasteiger partial charge in [-0.05, 0) is 43.0 Å². The van der Waals surface area contributed by atoms with Gasteiger partial charge in [0.25, 0.3) is 0 Å². The van der Waals surface area contributed by atoms with E-state index in [0.29, 0.717) is 6.04 Å². The second-order valence-electron chi connectivity index (χ2n) is 6.88. The molecule has 0 bridgehead atoms. The van der Waals surface area contributed by atoms with Gasteiger partial charge in [0.1, 0.15) is 0 Å². The number of rotatable bonds is 5. The van der Waals surface area contributed by atoms with E-state index in [2.05, 4.69) is 31.6 Å². The number of guanidine groups is 1. The zero-order valence-electron chi connectivity index (χ0n) is 16.1. The summed E-state index contributed by atoms with van der Waals surface area (Å²) in [7, 11) is 1.78. The van der Waals surface area contributed by atoms with Crippen LogP contribution in [0.5, 0.6) is 0 Å². The monoisotopic (exact) mass is 570 g/mol. The molecule has 1 fully saturated rings. The van der Waals surface area contributed by atoms with Crippen LogP contribution in [0, 0.1) is 5.92 Å². The Kier molecular flexibility index (Phi) is 11.0. The van der Waals surface area contributed by atoms with Crippen molar-refractivity contribution < 1.29 is 4.79 Å². The Balaban J connectivity index is 0.00000364. The third-order valence-electron chi connectivity index (χ3n) is 4.56.